The Balaban J connectivity index is 1.25. The van der Waals surface area contributed by atoms with Crippen LogP contribution in [0.4, 0.5) is 0 Å². The summed E-state index contributed by atoms with van der Waals surface area (Å²) in [6.45, 7) is 0. The molecule has 41 heavy (non-hydrogen) atoms. The summed E-state index contributed by atoms with van der Waals surface area (Å²) >= 11 is 0. The van der Waals surface area contributed by atoms with E-state index < -0.39 is 0 Å². The molecule has 0 aromatic rings. The van der Waals surface area contributed by atoms with E-state index >= 15 is 0 Å². The third-order valence-corrected chi connectivity index (χ3v) is 9.80. The highest BCUT2D eigenvalue weighted by atomic mass is 16.9. The lowest BCUT2D eigenvalue weighted by atomic mass is 10.0. The molecule has 4 fully saturated rings. The molecule has 240 valence electrons. The van der Waals surface area contributed by atoms with Crippen LogP contribution in [-0.4, -0.2) is 37.4 Å². The number of epoxide rings is 2. The first-order chi connectivity index (χ1) is 20.4. The molecule has 0 aromatic heterocycles. The molecule has 0 bridgehead atoms. The predicted octanol–water partition coefficient (Wildman–Crippen LogP) is 10.9. The highest BCUT2D eigenvalue weighted by molar-refractivity contribution is 4.79. The fourth-order valence-corrected chi connectivity index (χ4v) is 6.91. The Bertz CT molecular complexity index is 577. The maximum Gasteiger partial charge on any atom is 0.187 e. The number of hydrogen-bond acceptors (Lipinski definition) is 5. The maximum absolute atomic E-state index is 6.64. The highest BCUT2D eigenvalue weighted by Crippen LogP contribution is 2.34. The molecule has 0 radical (unpaired) electrons. The molecule has 0 amide bonds. The molecule has 6 unspecified atom stereocenters. The SMILES string of the molecule is C1CCCCCCCC(OC2CCCCCCCCCCCCCCCC3OC3O2)OC2OC2CCCCCCC1. The number of ether oxygens (including phenoxy) is 5. The molecule has 0 aromatic carbocycles. The molecule has 4 saturated heterocycles. The second kappa shape index (κ2) is 21.5. The molecule has 0 aliphatic carbocycles. The lowest BCUT2D eigenvalue weighted by Gasteiger charge is -2.24. The van der Waals surface area contributed by atoms with Crippen molar-refractivity contribution < 1.29 is 23.7 Å². The predicted molar refractivity (Wildman–Crippen MR) is 167 cm³/mol. The van der Waals surface area contributed by atoms with E-state index in [0.717, 1.165) is 38.5 Å². The van der Waals surface area contributed by atoms with Gasteiger partial charge in [-0.2, -0.15) is 0 Å². The average Bonchev–Trinajstić information content (AvgIpc) is 3.89. The average molecular weight is 579 g/mol. The monoisotopic (exact) mass is 578 g/mol. The minimum Gasteiger partial charge on any atom is -0.341 e. The van der Waals surface area contributed by atoms with Gasteiger partial charge in [0.15, 0.2) is 25.2 Å². The van der Waals surface area contributed by atoms with Gasteiger partial charge in [0, 0.05) is 0 Å². The van der Waals surface area contributed by atoms with Crippen molar-refractivity contribution in [1.29, 1.82) is 0 Å². The van der Waals surface area contributed by atoms with E-state index in [4.69, 9.17) is 23.7 Å². The highest BCUT2D eigenvalue weighted by Gasteiger charge is 2.44. The van der Waals surface area contributed by atoms with E-state index in [1.165, 1.54) is 154 Å². The second-order valence-electron chi connectivity index (χ2n) is 13.7. The summed E-state index contributed by atoms with van der Waals surface area (Å²) in [5, 5.41) is 0. The molecule has 5 nitrogen and oxygen atoms in total. The van der Waals surface area contributed by atoms with Gasteiger partial charge in [-0.3, -0.25) is 0 Å². The Morgan fingerprint density at radius 2 is 0.512 bits per heavy atom. The molecule has 0 N–H and O–H groups in total. The Morgan fingerprint density at radius 3 is 0.805 bits per heavy atom. The van der Waals surface area contributed by atoms with Crippen LogP contribution in [0, 0.1) is 0 Å². The number of fused-ring (bicyclic) bond motifs is 2. The summed E-state index contributed by atoms with van der Waals surface area (Å²) < 4.78 is 31.5. The Hall–Kier alpha value is -0.200. The minimum atomic E-state index is -0.240. The van der Waals surface area contributed by atoms with Crippen LogP contribution in [0.1, 0.15) is 193 Å². The van der Waals surface area contributed by atoms with Crippen molar-refractivity contribution in [2.24, 2.45) is 0 Å². The summed E-state index contributed by atoms with van der Waals surface area (Å²) in [4.78, 5) is 0. The normalized spacial score (nSPS) is 36.0. The van der Waals surface area contributed by atoms with E-state index in [1.807, 2.05) is 0 Å². The standard InChI is InChI=1S/C36H66O5/c1-3-7-11-15-19-23-27-31-35(37-31)40-33(29-25-21-17-13-9-5-1)39-34-30-26-22-18-14-10-6-2-4-8-12-16-20-24-28-32-36(38-32)41-34/h31-36H,1-30H2. The van der Waals surface area contributed by atoms with Crippen LogP contribution in [0.15, 0.2) is 0 Å². The summed E-state index contributed by atoms with van der Waals surface area (Å²) in [7, 11) is 0. The summed E-state index contributed by atoms with van der Waals surface area (Å²) in [5.74, 6) is 0. The van der Waals surface area contributed by atoms with Gasteiger partial charge < -0.3 is 23.7 Å². The molecule has 0 saturated carbocycles. The molecule has 4 aliphatic heterocycles. The molecule has 4 rings (SSSR count). The maximum atomic E-state index is 6.64. The van der Waals surface area contributed by atoms with Crippen molar-refractivity contribution in [3.8, 4) is 0 Å². The molecule has 0 spiro atoms. The van der Waals surface area contributed by atoms with E-state index in [2.05, 4.69) is 0 Å². The van der Waals surface area contributed by atoms with Crippen molar-refractivity contribution in [2.75, 3.05) is 0 Å². The lowest BCUT2D eigenvalue weighted by molar-refractivity contribution is -0.270. The van der Waals surface area contributed by atoms with Crippen LogP contribution in [0.3, 0.4) is 0 Å². The molecular weight excluding hydrogens is 512 g/mol. The third-order valence-electron chi connectivity index (χ3n) is 9.80. The summed E-state index contributed by atoms with van der Waals surface area (Å²) in [5.41, 5.74) is 0. The van der Waals surface area contributed by atoms with Crippen LogP contribution in [0.2, 0.25) is 0 Å². The van der Waals surface area contributed by atoms with E-state index in [1.54, 1.807) is 0 Å². The van der Waals surface area contributed by atoms with Gasteiger partial charge in [-0.15, -0.1) is 0 Å². The Labute approximate surface area is 253 Å². The second-order valence-corrected chi connectivity index (χ2v) is 13.7. The Kier molecular flexibility index (Phi) is 17.7. The Morgan fingerprint density at radius 1 is 0.268 bits per heavy atom. The van der Waals surface area contributed by atoms with E-state index in [0.29, 0.717) is 0 Å². The van der Waals surface area contributed by atoms with E-state index in [9.17, 15) is 0 Å². The summed E-state index contributed by atoms with van der Waals surface area (Å²) in [6, 6.07) is 0. The first-order valence-electron chi connectivity index (χ1n) is 18.7. The molecule has 5 heteroatoms. The van der Waals surface area contributed by atoms with E-state index in [-0.39, 0.29) is 37.4 Å². The first-order valence-corrected chi connectivity index (χ1v) is 18.7. The first kappa shape index (κ1) is 33.7. The van der Waals surface area contributed by atoms with Crippen molar-refractivity contribution in [2.45, 2.75) is 230 Å². The van der Waals surface area contributed by atoms with Gasteiger partial charge in [-0.05, 0) is 38.5 Å². The fourth-order valence-electron chi connectivity index (χ4n) is 6.91. The number of rotatable bonds is 2. The van der Waals surface area contributed by atoms with Gasteiger partial charge in [0.05, 0.1) is 0 Å². The van der Waals surface area contributed by atoms with Crippen LogP contribution >= 0.6 is 0 Å². The zero-order valence-electron chi connectivity index (χ0n) is 26.7. The van der Waals surface area contributed by atoms with Crippen molar-refractivity contribution >= 4 is 0 Å². The van der Waals surface area contributed by atoms with Crippen molar-refractivity contribution in [3.05, 3.63) is 0 Å². The van der Waals surface area contributed by atoms with Crippen LogP contribution < -0.4 is 0 Å². The van der Waals surface area contributed by atoms with Gasteiger partial charge in [-0.1, -0.05) is 154 Å². The zero-order valence-corrected chi connectivity index (χ0v) is 26.7. The third kappa shape index (κ3) is 15.9. The lowest BCUT2D eigenvalue weighted by Crippen LogP contribution is -2.29. The largest absolute Gasteiger partial charge is 0.341 e. The van der Waals surface area contributed by atoms with Gasteiger partial charge in [0.2, 0.25) is 0 Å². The van der Waals surface area contributed by atoms with Gasteiger partial charge in [0.1, 0.15) is 12.2 Å². The van der Waals surface area contributed by atoms with Crippen LogP contribution in [-0.2, 0) is 23.7 Å². The van der Waals surface area contributed by atoms with Crippen LogP contribution in [0.5, 0.6) is 0 Å². The fraction of sp³-hybridized carbons (Fsp3) is 1.00. The molecule has 4 heterocycles. The van der Waals surface area contributed by atoms with Gasteiger partial charge >= 0.3 is 0 Å². The molecular formula is C36H66O5. The quantitative estimate of drug-likeness (QED) is 0.305. The smallest absolute Gasteiger partial charge is 0.187 e. The van der Waals surface area contributed by atoms with Crippen molar-refractivity contribution in [1.82, 2.24) is 0 Å². The van der Waals surface area contributed by atoms with Gasteiger partial charge in [-0.25, -0.2) is 0 Å². The van der Waals surface area contributed by atoms with Crippen molar-refractivity contribution in [3.63, 3.8) is 0 Å². The van der Waals surface area contributed by atoms with Crippen LogP contribution in [0.25, 0.3) is 0 Å². The number of hydrogen-bond donors (Lipinski definition) is 0. The minimum absolute atomic E-state index is 0.0877. The summed E-state index contributed by atoms with van der Waals surface area (Å²) in [6.07, 6.45) is 39.0. The molecule has 4 aliphatic rings. The van der Waals surface area contributed by atoms with Gasteiger partial charge in [0.25, 0.3) is 0 Å². The zero-order chi connectivity index (χ0) is 28.2. The topological polar surface area (TPSA) is 52.8 Å². The molecule has 6 atom stereocenters.